The van der Waals surface area contributed by atoms with Crippen LogP contribution in [0.25, 0.3) is 0 Å². The first-order valence-electron chi connectivity index (χ1n) is 10.5. The summed E-state index contributed by atoms with van der Waals surface area (Å²) in [7, 11) is 0. The second-order valence-corrected chi connectivity index (χ2v) is 8.32. The highest BCUT2D eigenvalue weighted by Crippen LogP contribution is 2.25. The van der Waals surface area contributed by atoms with Crippen molar-refractivity contribution in [1.29, 1.82) is 0 Å². The number of hydrogen-bond acceptors (Lipinski definition) is 5. The van der Waals surface area contributed by atoms with Gasteiger partial charge in [0.05, 0.1) is 10.6 Å². The van der Waals surface area contributed by atoms with E-state index in [4.69, 9.17) is 11.6 Å². The molecule has 7 heteroatoms. The monoisotopic (exact) mass is 435 g/mol. The molecule has 1 aromatic carbocycles. The van der Waals surface area contributed by atoms with Crippen molar-refractivity contribution in [2.45, 2.75) is 19.8 Å². The molecule has 3 aromatic rings. The fourth-order valence-corrected chi connectivity index (χ4v) is 3.95. The number of benzene rings is 1. The van der Waals surface area contributed by atoms with Crippen molar-refractivity contribution in [3.05, 3.63) is 77.2 Å². The molecule has 160 valence electrons. The molecule has 0 spiro atoms. The van der Waals surface area contributed by atoms with Gasteiger partial charge in [-0.2, -0.15) is 0 Å². The molecule has 2 N–H and O–H groups in total. The number of amides is 1. The molecule has 1 aliphatic rings. The van der Waals surface area contributed by atoms with Gasteiger partial charge in [-0.3, -0.25) is 9.78 Å². The highest BCUT2D eigenvalue weighted by atomic mass is 35.5. The molecule has 4 rings (SSSR count). The van der Waals surface area contributed by atoms with Crippen LogP contribution in [0.4, 0.5) is 17.2 Å². The van der Waals surface area contributed by atoms with Crippen molar-refractivity contribution in [2.75, 3.05) is 35.2 Å². The summed E-state index contributed by atoms with van der Waals surface area (Å²) in [6.45, 7) is 4.88. The van der Waals surface area contributed by atoms with Gasteiger partial charge in [0, 0.05) is 49.6 Å². The van der Waals surface area contributed by atoms with Gasteiger partial charge in [0.25, 0.3) is 5.91 Å². The summed E-state index contributed by atoms with van der Waals surface area (Å²) < 4.78 is 0. The normalized spacial score (nSPS) is 14.3. The van der Waals surface area contributed by atoms with Gasteiger partial charge in [-0.15, -0.1) is 0 Å². The topological polar surface area (TPSA) is 70.2 Å². The zero-order valence-corrected chi connectivity index (χ0v) is 18.3. The molecule has 0 unspecified atom stereocenters. The Morgan fingerprint density at radius 1 is 1.13 bits per heavy atom. The number of pyridine rings is 2. The Labute approximate surface area is 187 Å². The number of nitrogens with zero attached hydrogens (tertiary/aromatic N) is 3. The molecule has 1 aliphatic heterocycles. The first-order valence-corrected chi connectivity index (χ1v) is 10.9. The fourth-order valence-electron chi connectivity index (χ4n) is 3.84. The van der Waals surface area contributed by atoms with Crippen molar-refractivity contribution in [2.24, 2.45) is 5.92 Å². The Morgan fingerprint density at radius 3 is 2.61 bits per heavy atom. The van der Waals surface area contributed by atoms with Crippen molar-refractivity contribution < 1.29 is 4.79 Å². The van der Waals surface area contributed by atoms with Crippen LogP contribution in [0, 0.1) is 12.8 Å². The average Bonchev–Trinajstić information content (AvgIpc) is 2.80. The number of aryl methyl sites for hydroxylation is 1. The minimum Gasteiger partial charge on any atom is -0.384 e. The van der Waals surface area contributed by atoms with Crippen LogP contribution in [0.5, 0.6) is 0 Å². The third-order valence-corrected chi connectivity index (χ3v) is 5.84. The standard InChI is InChI=1S/C24H26ClN5O/c1-17-2-4-22(21(14-17)24(31)29-23-5-3-19(25)16-28-23)27-15-18-8-12-30(13-9-18)20-6-10-26-11-7-20/h2-7,10-11,14,16,18,27H,8-9,12-13,15H2,1H3,(H,28,29,31). The summed E-state index contributed by atoms with van der Waals surface area (Å²) in [4.78, 5) is 23.5. The van der Waals surface area contributed by atoms with Gasteiger partial charge in [-0.05, 0) is 62.1 Å². The molecule has 6 nitrogen and oxygen atoms in total. The Morgan fingerprint density at radius 2 is 1.90 bits per heavy atom. The molecule has 0 aliphatic carbocycles. The fraction of sp³-hybridized carbons (Fsp3) is 0.292. The van der Waals surface area contributed by atoms with Crippen molar-refractivity contribution in [3.63, 3.8) is 0 Å². The number of piperidine rings is 1. The first-order chi connectivity index (χ1) is 15.1. The minimum absolute atomic E-state index is 0.187. The zero-order valence-electron chi connectivity index (χ0n) is 17.5. The van der Waals surface area contributed by atoms with Gasteiger partial charge in [-0.1, -0.05) is 23.2 Å². The van der Waals surface area contributed by atoms with Crippen LogP contribution in [0.3, 0.4) is 0 Å². The molecule has 0 atom stereocenters. The number of rotatable bonds is 6. The maximum absolute atomic E-state index is 12.9. The van der Waals surface area contributed by atoms with Crippen molar-refractivity contribution in [1.82, 2.24) is 9.97 Å². The van der Waals surface area contributed by atoms with E-state index in [1.807, 2.05) is 37.5 Å². The Hall–Kier alpha value is -3.12. The van der Waals surface area contributed by atoms with Crippen LogP contribution in [0.15, 0.2) is 61.1 Å². The van der Waals surface area contributed by atoms with Gasteiger partial charge in [0.15, 0.2) is 0 Å². The molecular weight excluding hydrogens is 410 g/mol. The molecule has 0 bridgehead atoms. The predicted molar refractivity (Wildman–Crippen MR) is 126 cm³/mol. The molecule has 31 heavy (non-hydrogen) atoms. The second kappa shape index (κ2) is 9.79. The number of nitrogens with one attached hydrogen (secondary N) is 2. The summed E-state index contributed by atoms with van der Waals surface area (Å²) in [5, 5.41) is 6.90. The lowest BCUT2D eigenvalue weighted by molar-refractivity contribution is 0.102. The molecule has 1 saturated heterocycles. The van der Waals surface area contributed by atoms with Gasteiger partial charge in [0.2, 0.25) is 0 Å². The SMILES string of the molecule is Cc1ccc(NCC2CCN(c3ccncc3)CC2)c(C(=O)Nc2ccc(Cl)cn2)c1. The number of aromatic nitrogens is 2. The van der Waals surface area contributed by atoms with Crippen LogP contribution in [-0.4, -0.2) is 35.5 Å². The van der Waals surface area contributed by atoms with E-state index in [1.165, 1.54) is 11.9 Å². The van der Waals surface area contributed by atoms with E-state index in [9.17, 15) is 4.79 Å². The number of carbonyl (C=O) groups is 1. The summed E-state index contributed by atoms with van der Waals surface area (Å²) in [5.74, 6) is 0.854. The maximum Gasteiger partial charge on any atom is 0.258 e. The van der Waals surface area contributed by atoms with Gasteiger partial charge in [-0.25, -0.2) is 4.98 Å². The lowest BCUT2D eigenvalue weighted by Crippen LogP contribution is -2.36. The maximum atomic E-state index is 12.9. The molecule has 3 heterocycles. The van der Waals surface area contributed by atoms with Crippen molar-refractivity contribution >= 4 is 34.7 Å². The zero-order chi connectivity index (χ0) is 21.6. The van der Waals surface area contributed by atoms with Gasteiger partial charge < -0.3 is 15.5 Å². The van der Waals surface area contributed by atoms with Crippen LogP contribution in [-0.2, 0) is 0 Å². The average molecular weight is 436 g/mol. The third kappa shape index (κ3) is 5.52. The number of hydrogen-bond donors (Lipinski definition) is 2. The summed E-state index contributed by atoms with van der Waals surface area (Å²) in [6.07, 6.45) is 7.42. The first kappa shape index (κ1) is 21.1. The van der Waals surface area contributed by atoms with E-state index < -0.39 is 0 Å². The highest BCUT2D eigenvalue weighted by molar-refractivity contribution is 6.30. The predicted octanol–water partition coefficient (Wildman–Crippen LogP) is 5.02. The summed E-state index contributed by atoms with van der Waals surface area (Å²) in [5.41, 5.74) is 3.72. The number of carbonyl (C=O) groups excluding carboxylic acids is 1. The molecular formula is C24H26ClN5O. The molecule has 0 radical (unpaired) electrons. The van der Waals surface area contributed by atoms with Gasteiger partial charge in [0.1, 0.15) is 5.82 Å². The van der Waals surface area contributed by atoms with E-state index in [2.05, 4.69) is 37.6 Å². The molecule has 1 fully saturated rings. The van der Waals surface area contributed by atoms with Gasteiger partial charge >= 0.3 is 0 Å². The Bertz CT molecular complexity index is 1020. The van der Waals surface area contributed by atoms with E-state index in [0.717, 1.165) is 43.7 Å². The van der Waals surface area contributed by atoms with E-state index in [1.54, 1.807) is 12.1 Å². The number of halogens is 1. The second-order valence-electron chi connectivity index (χ2n) is 7.88. The van der Waals surface area contributed by atoms with Crippen LogP contribution >= 0.6 is 11.6 Å². The molecule has 1 amide bonds. The number of anilines is 3. The minimum atomic E-state index is -0.187. The van der Waals surface area contributed by atoms with Crippen LogP contribution in [0.2, 0.25) is 5.02 Å². The highest BCUT2D eigenvalue weighted by Gasteiger charge is 2.20. The van der Waals surface area contributed by atoms with Crippen LogP contribution < -0.4 is 15.5 Å². The third-order valence-electron chi connectivity index (χ3n) is 5.61. The Balaban J connectivity index is 1.37. The van der Waals surface area contributed by atoms with E-state index >= 15 is 0 Å². The van der Waals surface area contributed by atoms with Crippen molar-refractivity contribution in [3.8, 4) is 0 Å². The lowest BCUT2D eigenvalue weighted by Gasteiger charge is -2.33. The summed E-state index contributed by atoms with van der Waals surface area (Å²) in [6, 6.07) is 13.4. The summed E-state index contributed by atoms with van der Waals surface area (Å²) >= 11 is 5.88. The Kier molecular flexibility index (Phi) is 6.67. The van der Waals surface area contributed by atoms with Crippen LogP contribution in [0.1, 0.15) is 28.8 Å². The molecule has 0 saturated carbocycles. The molecule has 2 aromatic heterocycles. The lowest BCUT2D eigenvalue weighted by atomic mass is 9.96. The quantitative estimate of drug-likeness (QED) is 0.569. The van der Waals surface area contributed by atoms with E-state index in [-0.39, 0.29) is 5.91 Å². The largest absolute Gasteiger partial charge is 0.384 e. The van der Waals surface area contributed by atoms with E-state index in [0.29, 0.717) is 22.3 Å². The smallest absolute Gasteiger partial charge is 0.258 e.